The van der Waals surface area contributed by atoms with Crippen molar-refractivity contribution in [3.63, 3.8) is 0 Å². The zero-order chi connectivity index (χ0) is 15.6. The molecule has 6 heteroatoms. The first-order valence-corrected chi connectivity index (χ1v) is 7.75. The van der Waals surface area contributed by atoms with E-state index in [1.54, 1.807) is 23.5 Å². The van der Waals surface area contributed by atoms with E-state index in [-0.39, 0.29) is 16.0 Å². The molecule has 0 fully saturated rings. The summed E-state index contributed by atoms with van der Waals surface area (Å²) in [6, 6.07) is 4.86. The number of rotatable bonds is 4. The molecule has 0 unspecified atom stereocenters. The molecule has 1 heterocycles. The Morgan fingerprint density at radius 1 is 1.43 bits per heavy atom. The lowest BCUT2D eigenvalue weighted by Gasteiger charge is -2.13. The monoisotopic (exact) mass is 324 g/mol. The number of carboxylic acids is 1. The van der Waals surface area contributed by atoms with Crippen LogP contribution in [0.4, 0.5) is 5.69 Å². The summed E-state index contributed by atoms with van der Waals surface area (Å²) in [7, 11) is 0. The maximum absolute atomic E-state index is 11.0. The van der Waals surface area contributed by atoms with Gasteiger partial charge in [-0.25, -0.2) is 9.78 Å². The Labute approximate surface area is 132 Å². The third kappa shape index (κ3) is 3.95. The molecular formula is C15H17ClN2O2S. The third-order valence-electron chi connectivity index (χ3n) is 2.86. The highest BCUT2D eigenvalue weighted by atomic mass is 35.5. The minimum absolute atomic E-state index is 0.0413. The van der Waals surface area contributed by atoms with Gasteiger partial charge in [0.2, 0.25) is 0 Å². The molecule has 0 aliphatic rings. The van der Waals surface area contributed by atoms with E-state index in [0.717, 1.165) is 10.7 Å². The highest BCUT2D eigenvalue weighted by molar-refractivity contribution is 7.09. The fraction of sp³-hybridized carbons (Fsp3) is 0.333. The number of nitrogens with one attached hydrogen (secondary N) is 1. The Bertz CT molecular complexity index is 662. The molecule has 0 radical (unpaired) electrons. The number of carbonyl (C=O) groups is 1. The van der Waals surface area contributed by atoms with Crippen molar-refractivity contribution >= 4 is 34.6 Å². The van der Waals surface area contributed by atoms with Crippen LogP contribution in [0.1, 0.15) is 41.8 Å². The molecule has 0 aliphatic heterocycles. The van der Waals surface area contributed by atoms with E-state index in [0.29, 0.717) is 12.2 Å². The highest BCUT2D eigenvalue weighted by Crippen LogP contribution is 2.26. The van der Waals surface area contributed by atoms with Gasteiger partial charge in [0.15, 0.2) is 0 Å². The van der Waals surface area contributed by atoms with E-state index in [9.17, 15) is 4.79 Å². The van der Waals surface area contributed by atoms with Crippen LogP contribution in [-0.2, 0) is 12.0 Å². The number of hydrogen-bond acceptors (Lipinski definition) is 4. The number of carboxylic acid groups (broad SMARTS) is 1. The van der Waals surface area contributed by atoms with Crippen LogP contribution in [-0.4, -0.2) is 16.1 Å². The molecule has 0 amide bonds. The van der Waals surface area contributed by atoms with Crippen LogP contribution in [0.5, 0.6) is 0 Å². The molecule has 4 nitrogen and oxygen atoms in total. The van der Waals surface area contributed by atoms with Crippen molar-refractivity contribution in [1.82, 2.24) is 4.98 Å². The number of anilines is 1. The Kier molecular flexibility index (Phi) is 4.54. The van der Waals surface area contributed by atoms with E-state index in [1.807, 2.05) is 5.38 Å². The van der Waals surface area contributed by atoms with Crippen molar-refractivity contribution in [2.45, 2.75) is 32.7 Å². The molecule has 112 valence electrons. The van der Waals surface area contributed by atoms with Crippen molar-refractivity contribution < 1.29 is 9.90 Å². The number of halogens is 1. The smallest absolute Gasteiger partial charge is 0.337 e. The lowest BCUT2D eigenvalue weighted by atomic mass is 9.98. The fourth-order valence-electron chi connectivity index (χ4n) is 1.72. The number of thiazole rings is 1. The molecule has 0 spiro atoms. The summed E-state index contributed by atoms with van der Waals surface area (Å²) in [6.07, 6.45) is 0. The predicted molar refractivity (Wildman–Crippen MR) is 86.6 cm³/mol. The summed E-state index contributed by atoms with van der Waals surface area (Å²) in [5.74, 6) is -1.03. The molecule has 0 saturated carbocycles. The molecule has 1 aromatic carbocycles. The van der Waals surface area contributed by atoms with E-state index < -0.39 is 5.97 Å². The molecule has 0 saturated heterocycles. The van der Waals surface area contributed by atoms with Gasteiger partial charge in [-0.15, -0.1) is 11.3 Å². The largest absolute Gasteiger partial charge is 0.478 e. The van der Waals surface area contributed by atoms with Crippen molar-refractivity contribution in [3.05, 3.63) is 44.9 Å². The van der Waals surface area contributed by atoms with Gasteiger partial charge in [-0.1, -0.05) is 32.4 Å². The van der Waals surface area contributed by atoms with E-state index in [2.05, 4.69) is 31.1 Å². The van der Waals surface area contributed by atoms with E-state index >= 15 is 0 Å². The van der Waals surface area contributed by atoms with Crippen LogP contribution in [0, 0.1) is 0 Å². The van der Waals surface area contributed by atoms with Crippen molar-refractivity contribution in [2.24, 2.45) is 0 Å². The number of hydrogen-bond donors (Lipinski definition) is 2. The molecule has 2 N–H and O–H groups in total. The molecule has 0 aliphatic carbocycles. The summed E-state index contributed by atoms with van der Waals surface area (Å²) in [6.45, 7) is 6.93. The summed E-state index contributed by atoms with van der Waals surface area (Å²) >= 11 is 7.48. The number of aromatic nitrogens is 1. The fourth-order valence-corrected chi connectivity index (χ4v) is 2.83. The Hall–Kier alpha value is -1.59. The summed E-state index contributed by atoms with van der Waals surface area (Å²) in [5, 5.41) is 15.5. The van der Waals surface area contributed by atoms with Gasteiger partial charge < -0.3 is 10.4 Å². The lowest BCUT2D eigenvalue weighted by molar-refractivity contribution is 0.0697. The predicted octanol–water partition coefficient (Wildman–Crippen LogP) is 4.40. The van der Waals surface area contributed by atoms with Crippen molar-refractivity contribution in [1.29, 1.82) is 0 Å². The topological polar surface area (TPSA) is 62.2 Å². The molecule has 2 aromatic rings. The van der Waals surface area contributed by atoms with Gasteiger partial charge in [0.05, 0.1) is 27.8 Å². The van der Waals surface area contributed by atoms with Gasteiger partial charge in [0.25, 0.3) is 0 Å². The quantitative estimate of drug-likeness (QED) is 0.874. The van der Waals surface area contributed by atoms with Crippen molar-refractivity contribution in [3.8, 4) is 0 Å². The second kappa shape index (κ2) is 6.03. The van der Waals surface area contributed by atoms with E-state index in [1.165, 1.54) is 6.07 Å². The minimum Gasteiger partial charge on any atom is -0.478 e. The first-order chi connectivity index (χ1) is 9.77. The number of aromatic carboxylic acids is 1. The Morgan fingerprint density at radius 3 is 2.71 bits per heavy atom. The molecule has 0 atom stereocenters. The van der Waals surface area contributed by atoms with Crippen molar-refractivity contribution in [2.75, 3.05) is 5.32 Å². The zero-order valence-corrected chi connectivity index (χ0v) is 13.7. The average molecular weight is 325 g/mol. The van der Waals surface area contributed by atoms with Gasteiger partial charge in [0.1, 0.15) is 0 Å². The molecule has 2 rings (SSSR count). The average Bonchev–Trinajstić information content (AvgIpc) is 2.86. The first-order valence-electron chi connectivity index (χ1n) is 6.49. The highest BCUT2D eigenvalue weighted by Gasteiger charge is 2.17. The lowest BCUT2D eigenvalue weighted by Crippen LogP contribution is -2.11. The first kappa shape index (κ1) is 15.8. The standard InChI is InChI=1S/C15H17ClN2O2S/c1-15(2,3)14-18-10(8-21-14)7-17-9-4-5-12(16)11(6-9)13(19)20/h4-6,8,17H,7H2,1-3H3,(H,19,20). The summed E-state index contributed by atoms with van der Waals surface area (Å²) in [5.41, 5.74) is 1.79. The second-order valence-corrected chi connectivity index (χ2v) is 7.01. The van der Waals surface area contributed by atoms with Gasteiger partial charge in [-0.05, 0) is 18.2 Å². The normalized spacial score (nSPS) is 11.4. The summed E-state index contributed by atoms with van der Waals surface area (Å²) in [4.78, 5) is 15.6. The van der Waals surface area contributed by atoms with Crippen LogP contribution < -0.4 is 5.32 Å². The van der Waals surface area contributed by atoms with Gasteiger partial charge in [0, 0.05) is 16.5 Å². The van der Waals surface area contributed by atoms with Crippen LogP contribution in [0.15, 0.2) is 23.6 Å². The van der Waals surface area contributed by atoms with Gasteiger partial charge in [-0.2, -0.15) is 0 Å². The third-order valence-corrected chi connectivity index (χ3v) is 4.51. The maximum atomic E-state index is 11.0. The van der Waals surface area contributed by atoms with Gasteiger partial charge in [-0.3, -0.25) is 0 Å². The minimum atomic E-state index is -1.03. The van der Waals surface area contributed by atoms with Crippen LogP contribution in [0.3, 0.4) is 0 Å². The molecule has 21 heavy (non-hydrogen) atoms. The summed E-state index contributed by atoms with van der Waals surface area (Å²) < 4.78 is 0. The second-order valence-electron chi connectivity index (χ2n) is 5.75. The Balaban J connectivity index is 2.08. The Morgan fingerprint density at radius 2 is 2.14 bits per heavy atom. The van der Waals surface area contributed by atoms with Crippen LogP contribution in [0.25, 0.3) is 0 Å². The zero-order valence-electron chi connectivity index (χ0n) is 12.1. The molecule has 0 bridgehead atoms. The number of benzene rings is 1. The number of nitrogens with zero attached hydrogens (tertiary/aromatic N) is 1. The van der Waals surface area contributed by atoms with Crippen LogP contribution in [0.2, 0.25) is 5.02 Å². The maximum Gasteiger partial charge on any atom is 0.337 e. The molecular weight excluding hydrogens is 308 g/mol. The van der Waals surface area contributed by atoms with Gasteiger partial charge >= 0.3 is 5.97 Å². The van der Waals surface area contributed by atoms with Crippen LogP contribution >= 0.6 is 22.9 Å². The molecule has 1 aromatic heterocycles. The SMILES string of the molecule is CC(C)(C)c1nc(CNc2ccc(Cl)c(C(=O)O)c2)cs1. The van der Waals surface area contributed by atoms with E-state index in [4.69, 9.17) is 16.7 Å².